The summed E-state index contributed by atoms with van der Waals surface area (Å²) >= 11 is 0. The molecule has 1 aromatic rings. The van der Waals surface area contributed by atoms with Crippen LogP contribution in [0.4, 0.5) is 4.79 Å². The molecule has 3 heterocycles. The molecule has 0 bridgehead atoms. The molecule has 1 fully saturated rings. The quantitative estimate of drug-likeness (QED) is 0.371. The van der Waals surface area contributed by atoms with Crippen LogP contribution in [0, 0.1) is 12.8 Å². The van der Waals surface area contributed by atoms with Gasteiger partial charge in [0.25, 0.3) is 0 Å². The molecule has 0 radical (unpaired) electrons. The maximum absolute atomic E-state index is 12.3. The molecule has 1 saturated heterocycles. The Bertz CT molecular complexity index is 863. The van der Waals surface area contributed by atoms with Gasteiger partial charge in [-0.25, -0.2) is 4.79 Å². The number of fused-ring (bicyclic) bond motifs is 1. The van der Waals surface area contributed by atoms with Crippen molar-refractivity contribution < 1.29 is 58.9 Å². The Morgan fingerprint density at radius 1 is 1.45 bits per heavy atom. The van der Waals surface area contributed by atoms with Crippen LogP contribution in [-0.4, -0.2) is 75.5 Å². The molecule has 0 unspecified atom stereocenters. The monoisotopic (exact) mass is 414 g/mol. The predicted octanol–water partition coefficient (Wildman–Crippen LogP) is -4.03. The molecule has 1 aromatic heterocycles. The molecule has 0 spiro atoms. The van der Waals surface area contributed by atoms with Gasteiger partial charge in [-0.15, -0.1) is 0 Å². The number of aromatic nitrogens is 2. The summed E-state index contributed by atoms with van der Waals surface area (Å²) in [6.45, 7) is 3.72. The van der Waals surface area contributed by atoms with Gasteiger partial charge in [0.05, 0.1) is 42.0 Å². The van der Waals surface area contributed by atoms with E-state index in [1.54, 1.807) is 31.9 Å². The van der Waals surface area contributed by atoms with Gasteiger partial charge in [-0.05, 0) is 25.8 Å². The summed E-state index contributed by atoms with van der Waals surface area (Å²) < 4.78 is 6.64. The molecule has 3 atom stereocenters. The molecule has 11 heteroatoms. The normalized spacial score (nSPS) is 21.3. The van der Waals surface area contributed by atoms with E-state index >= 15 is 0 Å². The average molecular weight is 414 g/mol. The van der Waals surface area contributed by atoms with Crippen molar-refractivity contribution in [3.05, 3.63) is 23.2 Å². The van der Waals surface area contributed by atoms with Crippen LogP contribution in [0.1, 0.15) is 24.6 Å². The first-order chi connectivity index (χ1) is 13.1. The largest absolute Gasteiger partial charge is 1.00 e. The van der Waals surface area contributed by atoms with Crippen LogP contribution in [0.25, 0.3) is 5.57 Å². The van der Waals surface area contributed by atoms with Crippen LogP contribution in [0.2, 0.25) is 0 Å². The minimum atomic E-state index is -1.44. The fourth-order valence-electron chi connectivity index (χ4n) is 3.76. The third-order valence-electron chi connectivity index (χ3n) is 5.06. The molecule has 29 heavy (non-hydrogen) atoms. The summed E-state index contributed by atoms with van der Waals surface area (Å²) in [5, 5.41) is 25.9. The zero-order chi connectivity index (χ0) is 20.7. The Morgan fingerprint density at radius 3 is 2.66 bits per heavy atom. The van der Waals surface area contributed by atoms with Crippen LogP contribution >= 0.6 is 0 Å². The van der Waals surface area contributed by atoms with Gasteiger partial charge in [-0.2, -0.15) is 5.10 Å². The smallest absolute Gasteiger partial charge is 0.543 e. The van der Waals surface area contributed by atoms with Crippen LogP contribution in [0.5, 0.6) is 0 Å². The summed E-state index contributed by atoms with van der Waals surface area (Å²) in [7, 11) is 3.16. The number of carboxylic acid groups (broad SMARTS) is 1. The predicted molar refractivity (Wildman–Crippen MR) is 94.3 cm³/mol. The number of β-lactam (4-membered cyclic amide) rings is 1. The molecule has 1 N–H and O–H groups in total. The molecular weight excluding hydrogens is 391 g/mol. The Kier molecular flexibility index (Phi) is 7.15. The van der Waals surface area contributed by atoms with Crippen molar-refractivity contribution >= 4 is 23.5 Å². The first kappa shape index (κ1) is 23.4. The Hall–Kier alpha value is -1.88. The van der Waals surface area contributed by atoms with Gasteiger partial charge in [-0.1, -0.05) is 0 Å². The second-order valence-corrected chi connectivity index (χ2v) is 7.29. The van der Waals surface area contributed by atoms with Crippen LogP contribution < -0.4 is 34.7 Å². The molecule has 2 aliphatic rings. The standard InChI is InChI=1S/C18H24N4O6.Na/c1-9-8-21(5-6-28-18(27)20(3)4)19-14(9)11-7-12-13(10(2)23)16(24)22(12)15(11)17(25)26;/h8,10,12-13,23H,5-7H2,1-4H3,(H,25,26);/q;+1/p-1/t10-,12-,13-;/m1./s1. The molecule has 2 aliphatic heterocycles. The van der Waals surface area contributed by atoms with E-state index in [0.717, 1.165) is 5.56 Å². The molecular formula is C18H23N4NaO6. The van der Waals surface area contributed by atoms with Gasteiger partial charge >= 0.3 is 35.7 Å². The number of aliphatic hydroxyl groups excluding tert-OH is 1. The summed E-state index contributed by atoms with van der Waals surface area (Å²) in [5.41, 5.74) is 1.43. The number of nitrogens with zero attached hydrogens (tertiary/aromatic N) is 4. The van der Waals surface area contributed by atoms with E-state index in [1.165, 1.54) is 16.7 Å². The van der Waals surface area contributed by atoms with E-state index in [4.69, 9.17) is 4.74 Å². The third-order valence-corrected chi connectivity index (χ3v) is 5.06. The van der Waals surface area contributed by atoms with E-state index in [1.807, 2.05) is 0 Å². The molecule has 10 nitrogen and oxygen atoms in total. The molecule has 0 saturated carbocycles. The zero-order valence-electron chi connectivity index (χ0n) is 17.2. The molecule has 152 valence electrons. The van der Waals surface area contributed by atoms with Crippen molar-refractivity contribution in [1.29, 1.82) is 0 Å². The van der Waals surface area contributed by atoms with E-state index in [-0.39, 0.29) is 48.3 Å². The number of hydrogen-bond donors (Lipinski definition) is 1. The number of aliphatic hydroxyl groups is 1. The van der Waals surface area contributed by atoms with Gasteiger partial charge < -0.3 is 29.5 Å². The van der Waals surface area contributed by atoms with Crippen molar-refractivity contribution in [2.75, 3.05) is 20.7 Å². The fraction of sp³-hybridized carbons (Fsp3) is 0.556. The minimum Gasteiger partial charge on any atom is -0.543 e. The molecule has 0 aliphatic carbocycles. The number of rotatable bonds is 6. The maximum atomic E-state index is 12.3. The Morgan fingerprint density at radius 2 is 2.10 bits per heavy atom. The van der Waals surface area contributed by atoms with E-state index < -0.39 is 36.0 Å². The van der Waals surface area contributed by atoms with Crippen molar-refractivity contribution in [1.82, 2.24) is 19.6 Å². The fourth-order valence-corrected chi connectivity index (χ4v) is 3.76. The number of hydrogen-bond acceptors (Lipinski definition) is 7. The van der Waals surface area contributed by atoms with E-state index in [2.05, 4.69) is 5.10 Å². The van der Waals surface area contributed by atoms with Crippen LogP contribution in [-0.2, 0) is 20.9 Å². The number of amides is 2. The Labute approximate surface area is 190 Å². The van der Waals surface area contributed by atoms with Gasteiger partial charge in [0.15, 0.2) is 0 Å². The Balaban J connectivity index is 0.00000300. The zero-order valence-corrected chi connectivity index (χ0v) is 19.2. The van der Waals surface area contributed by atoms with Gasteiger partial charge in [0.2, 0.25) is 5.91 Å². The summed E-state index contributed by atoms with van der Waals surface area (Å²) in [6.07, 6.45) is 0.690. The van der Waals surface area contributed by atoms with Gasteiger partial charge in [-0.3, -0.25) is 9.48 Å². The number of ether oxygens (including phenoxy) is 1. The van der Waals surface area contributed by atoms with E-state index in [0.29, 0.717) is 17.8 Å². The first-order valence-electron chi connectivity index (χ1n) is 8.97. The number of carboxylic acids is 1. The average Bonchev–Trinajstić information content (AvgIpc) is 3.12. The second kappa shape index (κ2) is 8.86. The van der Waals surface area contributed by atoms with Gasteiger partial charge in [0.1, 0.15) is 6.61 Å². The molecule has 2 amide bonds. The molecule has 3 rings (SSSR count). The maximum Gasteiger partial charge on any atom is 1.00 e. The SMILES string of the molecule is Cc1cn(CCOC(=O)N(C)C)nc1C1=C(C(=O)[O-])N2C(=O)[C@H]([C@@H](C)O)[C@H]2C1.[Na+]. The summed E-state index contributed by atoms with van der Waals surface area (Å²) in [5.74, 6) is -2.48. The summed E-state index contributed by atoms with van der Waals surface area (Å²) in [6, 6.07) is -0.402. The second-order valence-electron chi connectivity index (χ2n) is 7.29. The van der Waals surface area contributed by atoms with Crippen LogP contribution in [0.3, 0.4) is 0 Å². The number of aliphatic carboxylic acids is 1. The number of carbonyl (C=O) groups is 3. The van der Waals surface area contributed by atoms with E-state index in [9.17, 15) is 24.6 Å². The van der Waals surface area contributed by atoms with Crippen molar-refractivity contribution in [3.8, 4) is 0 Å². The third kappa shape index (κ3) is 4.20. The van der Waals surface area contributed by atoms with Crippen LogP contribution in [0.15, 0.2) is 11.9 Å². The number of aryl methyl sites for hydroxylation is 1. The van der Waals surface area contributed by atoms with Crippen molar-refractivity contribution in [2.24, 2.45) is 5.92 Å². The minimum absolute atomic E-state index is 0. The van der Waals surface area contributed by atoms with Gasteiger partial charge in [0, 0.05) is 25.9 Å². The number of carbonyl (C=O) groups excluding carboxylic acids is 3. The van der Waals surface area contributed by atoms with Crippen molar-refractivity contribution in [2.45, 2.75) is 39.0 Å². The first-order valence-corrected chi connectivity index (χ1v) is 8.97. The topological polar surface area (TPSA) is 128 Å². The molecule has 0 aromatic carbocycles. The summed E-state index contributed by atoms with van der Waals surface area (Å²) in [4.78, 5) is 38.0. The van der Waals surface area contributed by atoms with Crippen molar-refractivity contribution in [3.63, 3.8) is 0 Å².